The molecule has 1 saturated heterocycles. The van der Waals surface area contributed by atoms with E-state index in [4.69, 9.17) is 12.2 Å². The molecule has 2 heterocycles. The van der Waals surface area contributed by atoms with Crippen molar-refractivity contribution in [2.45, 2.75) is 45.6 Å². The van der Waals surface area contributed by atoms with E-state index in [-0.39, 0.29) is 11.4 Å². The Morgan fingerprint density at radius 2 is 1.93 bits per heavy atom. The Bertz CT molecular complexity index is 997. The SMILES string of the molecule is CCN1c2ccc(/C=C3\SC(=S)N(c4ccccc4)C3=O)cc2[C@H](C)CC1(C)C. The minimum absolute atomic E-state index is 0.0479. The highest BCUT2D eigenvalue weighted by molar-refractivity contribution is 8.27. The third-order valence-electron chi connectivity index (χ3n) is 5.83. The fourth-order valence-corrected chi connectivity index (χ4v) is 5.91. The highest BCUT2D eigenvalue weighted by Gasteiger charge is 2.36. The van der Waals surface area contributed by atoms with Crippen molar-refractivity contribution in [3.63, 3.8) is 0 Å². The average Bonchev–Trinajstić information content (AvgIpc) is 2.95. The summed E-state index contributed by atoms with van der Waals surface area (Å²) in [5.74, 6) is 0.434. The molecule has 1 fully saturated rings. The van der Waals surface area contributed by atoms with Gasteiger partial charge in [0.1, 0.15) is 0 Å². The number of nitrogens with zero attached hydrogens (tertiary/aromatic N) is 2. The van der Waals surface area contributed by atoms with Crippen LogP contribution in [-0.4, -0.2) is 22.3 Å². The van der Waals surface area contributed by atoms with Gasteiger partial charge in [-0.25, -0.2) is 0 Å². The van der Waals surface area contributed by atoms with Gasteiger partial charge in [0.25, 0.3) is 5.91 Å². The number of rotatable bonds is 3. The van der Waals surface area contributed by atoms with Gasteiger partial charge in [0.2, 0.25) is 0 Å². The van der Waals surface area contributed by atoms with Gasteiger partial charge in [-0.3, -0.25) is 9.69 Å². The smallest absolute Gasteiger partial charge is 0.270 e. The zero-order chi connectivity index (χ0) is 20.8. The van der Waals surface area contributed by atoms with Gasteiger partial charge in [-0.1, -0.05) is 55.2 Å². The lowest BCUT2D eigenvalue weighted by Gasteiger charge is -2.47. The monoisotopic (exact) mass is 422 g/mol. The number of amides is 1. The normalized spacial score (nSPS) is 22.3. The van der Waals surface area contributed by atoms with Crippen LogP contribution in [0.15, 0.2) is 53.4 Å². The molecule has 0 spiro atoms. The second-order valence-corrected chi connectivity index (χ2v) is 10.0. The summed E-state index contributed by atoms with van der Waals surface area (Å²) in [4.78, 5) is 17.8. The topological polar surface area (TPSA) is 23.6 Å². The zero-order valence-electron chi connectivity index (χ0n) is 17.3. The average molecular weight is 423 g/mol. The number of thiocarbonyl (C=S) groups is 1. The van der Waals surface area contributed by atoms with Gasteiger partial charge in [0, 0.05) is 17.8 Å². The number of thioether (sulfide) groups is 1. The number of fused-ring (bicyclic) bond motifs is 1. The zero-order valence-corrected chi connectivity index (χ0v) is 18.9. The summed E-state index contributed by atoms with van der Waals surface area (Å²) in [6.45, 7) is 10.1. The summed E-state index contributed by atoms with van der Waals surface area (Å²) in [7, 11) is 0. The number of hydrogen-bond donors (Lipinski definition) is 0. The maximum atomic E-state index is 13.0. The highest BCUT2D eigenvalue weighted by Crippen LogP contribution is 2.44. The Balaban J connectivity index is 1.67. The molecule has 150 valence electrons. The Kier molecular flexibility index (Phi) is 5.30. The van der Waals surface area contributed by atoms with Crippen LogP contribution >= 0.6 is 24.0 Å². The maximum Gasteiger partial charge on any atom is 0.270 e. The molecule has 2 aliphatic rings. The first-order valence-electron chi connectivity index (χ1n) is 10.1. The van der Waals surface area contributed by atoms with E-state index in [2.05, 4.69) is 50.8 Å². The van der Waals surface area contributed by atoms with E-state index >= 15 is 0 Å². The molecule has 1 atom stereocenters. The van der Waals surface area contributed by atoms with E-state index in [0.29, 0.717) is 15.1 Å². The van der Waals surface area contributed by atoms with Gasteiger partial charge in [-0.15, -0.1) is 0 Å². The van der Waals surface area contributed by atoms with Crippen molar-refractivity contribution in [2.75, 3.05) is 16.3 Å². The summed E-state index contributed by atoms with van der Waals surface area (Å²) in [5, 5.41) is 0. The summed E-state index contributed by atoms with van der Waals surface area (Å²) >= 11 is 6.86. The minimum Gasteiger partial charge on any atom is -0.366 e. The van der Waals surface area contributed by atoms with Gasteiger partial charge in [0.05, 0.1) is 10.6 Å². The van der Waals surface area contributed by atoms with Crippen molar-refractivity contribution in [2.24, 2.45) is 0 Å². The van der Waals surface area contributed by atoms with E-state index in [1.54, 1.807) is 4.90 Å². The molecule has 2 aromatic rings. The lowest BCUT2D eigenvalue weighted by Crippen LogP contribution is -2.48. The Labute approximate surface area is 182 Å². The van der Waals surface area contributed by atoms with E-state index in [0.717, 1.165) is 24.2 Å². The Morgan fingerprint density at radius 1 is 1.21 bits per heavy atom. The molecule has 29 heavy (non-hydrogen) atoms. The van der Waals surface area contributed by atoms with Crippen molar-refractivity contribution in [1.29, 1.82) is 0 Å². The number of benzene rings is 2. The second kappa shape index (κ2) is 7.62. The van der Waals surface area contributed by atoms with Gasteiger partial charge < -0.3 is 4.90 Å². The first kappa shape index (κ1) is 20.2. The molecular weight excluding hydrogens is 396 g/mol. The molecule has 4 rings (SSSR count). The third kappa shape index (κ3) is 3.62. The van der Waals surface area contributed by atoms with Crippen LogP contribution in [0.1, 0.15) is 51.2 Å². The molecule has 0 aliphatic carbocycles. The summed E-state index contributed by atoms with van der Waals surface area (Å²) in [6, 6.07) is 16.2. The van der Waals surface area contributed by atoms with Crippen molar-refractivity contribution in [1.82, 2.24) is 0 Å². The molecule has 3 nitrogen and oxygen atoms in total. The quantitative estimate of drug-likeness (QED) is 0.434. The van der Waals surface area contributed by atoms with Crippen LogP contribution < -0.4 is 9.80 Å². The number of para-hydroxylation sites is 1. The van der Waals surface area contributed by atoms with Crippen LogP contribution in [0.25, 0.3) is 6.08 Å². The van der Waals surface area contributed by atoms with E-state index in [1.165, 1.54) is 23.0 Å². The molecule has 0 saturated carbocycles. The molecule has 5 heteroatoms. The Hall–Kier alpha value is -2.11. The lowest BCUT2D eigenvalue weighted by atomic mass is 9.79. The number of anilines is 2. The fraction of sp³-hybridized carbons (Fsp3) is 0.333. The van der Waals surface area contributed by atoms with E-state index in [1.807, 2.05) is 36.4 Å². The molecule has 0 radical (unpaired) electrons. The first-order chi connectivity index (χ1) is 13.8. The number of hydrogen-bond acceptors (Lipinski definition) is 4. The third-order valence-corrected chi connectivity index (χ3v) is 7.13. The summed E-state index contributed by atoms with van der Waals surface area (Å²) in [6.07, 6.45) is 3.10. The van der Waals surface area contributed by atoms with Gasteiger partial charge >= 0.3 is 0 Å². The summed E-state index contributed by atoms with van der Waals surface area (Å²) in [5.41, 5.74) is 4.70. The molecule has 2 aliphatic heterocycles. The van der Waals surface area contributed by atoms with Crippen LogP contribution in [-0.2, 0) is 4.79 Å². The first-order valence-corrected chi connectivity index (χ1v) is 11.3. The minimum atomic E-state index is -0.0479. The van der Waals surface area contributed by atoms with Crippen LogP contribution in [0, 0.1) is 0 Å². The number of carbonyl (C=O) groups excluding carboxylic acids is 1. The Morgan fingerprint density at radius 3 is 2.62 bits per heavy atom. The molecule has 0 unspecified atom stereocenters. The van der Waals surface area contributed by atoms with Gasteiger partial charge in [-0.2, -0.15) is 0 Å². The van der Waals surface area contributed by atoms with E-state index < -0.39 is 0 Å². The highest BCUT2D eigenvalue weighted by atomic mass is 32.2. The molecule has 0 bridgehead atoms. The van der Waals surface area contributed by atoms with Crippen LogP contribution in [0.2, 0.25) is 0 Å². The molecular formula is C24H26N2OS2. The molecule has 2 aromatic carbocycles. The van der Waals surface area contributed by atoms with Gasteiger partial charge in [0.15, 0.2) is 4.32 Å². The van der Waals surface area contributed by atoms with Crippen molar-refractivity contribution >= 4 is 51.7 Å². The predicted octanol–water partition coefficient (Wildman–Crippen LogP) is 6.20. The molecule has 1 amide bonds. The van der Waals surface area contributed by atoms with E-state index in [9.17, 15) is 4.79 Å². The standard InChI is InChI=1S/C24H26N2OS2/c1-5-25-20-12-11-17(13-19(20)16(2)15-24(25,3)4)14-21-22(27)26(23(28)29-21)18-9-7-6-8-10-18/h6-14,16H,5,15H2,1-4H3/b21-14-/t16-/m1/s1. The fourth-order valence-electron chi connectivity index (χ4n) is 4.62. The van der Waals surface area contributed by atoms with Gasteiger partial charge in [-0.05, 0) is 74.6 Å². The number of carbonyl (C=O) groups is 1. The second-order valence-electron chi connectivity index (χ2n) is 8.33. The van der Waals surface area contributed by atoms with Crippen LogP contribution in [0.3, 0.4) is 0 Å². The lowest BCUT2D eigenvalue weighted by molar-refractivity contribution is -0.113. The van der Waals surface area contributed by atoms with Crippen LogP contribution in [0.4, 0.5) is 11.4 Å². The van der Waals surface area contributed by atoms with Crippen molar-refractivity contribution in [3.05, 3.63) is 64.6 Å². The maximum absolute atomic E-state index is 13.0. The van der Waals surface area contributed by atoms with Crippen LogP contribution in [0.5, 0.6) is 0 Å². The van der Waals surface area contributed by atoms with Crippen molar-refractivity contribution in [3.8, 4) is 0 Å². The summed E-state index contributed by atoms with van der Waals surface area (Å²) < 4.78 is 0.581. The van der Waals surface area contributed by atoms with Crippen molar-refractivity contribution < 1.29 is 4.79 Å². The molecule has 0 N–H and O–H groups in total. The molecule has 0 aromatic heterocycles. The predicted molar refractivity (Wildman–Crippen MR) is 129 cm³/mol. The largest absolute Gasteiger partial charge is 0.366 e.